The molecule has 0 radical (unpaired) electrons. The molecule has 4 rings (SSSR count). The van der Waals surface area contributed by atoms with E-state index in [1.54, 1.807) is 18.2 Å². The average Bonchev–Trinajstić information content (AvgIpc) is 3.23. The highest BCUT2D eigenvalue weighted by Crippen LogP contribution is 2.34. The Balaban J connectivity index is 1.59. The number of hydrogen-bond acceptors (Lipinski definition) is 5. The van der Waals surface area contributed by atoms with Gasteiger partial charge < -0.3 is 15.8 Å². The first-order valence-electron chi connectivity index (χ1n) is 9.42. The number of para-hydroxylation sites is 1. The zero-order chi connectivity index (χ0) is 23.6. The fraction of sp³-hybridized carbons (Fsp3) is 0.0455. The summed E-state index contributed by atoms with van der Waals surface area (Å²) < 4.78 is 61.9. The minimum atomic E-state index is -4.87. The highest BCUT2D eigenvalue weighted by Gasteiger charge is 2.40. The maximum atomic E-state index is 14.5. The van der Waals surface area contributed by atoms with E-state index in [0.717, 1.165) is 17.0 Å². The van der Waals surface area contributed by atoms with E-state index in [4.69, 9.17) is 10.5 Å². The van der Waals surface area contributed by atoms with Crippen molar-refractivity contribution in [3.05, 3.63) is 90.4 Å². The number of imidazole rings is 1. The van der Waals surface area contributed by atoms with Gasteiger partial charge in [-0.2, -0.15) is 13.2 Å². The van der Waals surface area contributed by atoms with Gasteiger partial charge in [-0.25, -0.2) is 14.4 Å². The summed E-state index contributed by atoms with van der Waals surface area (Å²) in [5, 5.41) is 2.24. The van der Waals surface area contributed by atoms with E-state index in [-0.39, 0.29) is 28.7 Å². The molecule has 0 aliphatic rings. The molecule has 2 aromatic heterocycles. The summed E-state index contributed by atoms with van der Waals surface area (Å²) in [7, 11) is 0. The predicted octanol–water partition coefficient (Wildman–Crippen LogP) is 5.05. The third-order valence-corrected chi connectivity index (χ3v) is 4.46. The number of ether oxygens (including phenoxy) is 1. The van der Waals surface area contributed by atoms with Crippen molar-refractivity contribution in [3.63, 3.8) is 0 Å². The van der Waals surface area contributed by atoms with Crippen molar-refractivity contribution in [1.82, 2.24) is 14.5 Å². The molecule has 0 aliphatic carbocycles. The molecule has 0 bridgehead atoms. The van der Waals surface area contributed by atoms with Crippen LogP contribution in [0.25, 0.3) is 5.69 Å². The third kappa shape index (κ3) is 4.76. The Labute approximate surface area is 184 Å². The number of rotatable bonds is 5. The molecule has 0 saturated carbocycles. The van der Waals surface area contributed by atoms with Crippen LogP contribution in [0.1, 0.15) is 16.2 Å². The van der Waals surface area contributed by atoms with E-state index in [9.17, 15) is 22.4 Å². The maximum absolute atomic E-state index is 14.5. The van der Waals surface area contributed by atoms with Crippen LogP contribution in [0.5, 0.6) is 11.5 Å². The van der Waals surface area contributed by atoms with E-state index < -0.39 is 29.3 Å². The average molecular weight is 457 g/mol. The number of carbonyl (C=O) groups is 1. The number of nitrogens with two attached hydrogens (primary N) is 1. The molecule has 3 N–H and O–H groups in total. The summed E-state index contributed by atoms with van der Waals surface area (Å²) in [6.45, 7) is 0. The van der Waals surface area contributed by atoms with E-state index in [2.05, 4.69) is 15.3 Å². The molecule has 2 aromatic carbocycles. The van der Waals surface area contributed by atoms with E-state index in [1.165, 1.54) is 42.6 Å². The second kappa shape index (κ2) is 8.61. The molecule has 0 aliphatic heterocycles. The summed E-state index contributed by atoms with van der Waals surface area (Å²) in [6.07, 6.45) is -2.58. The van der Waals surface area contributed by atoms with Crippen molar-refractivity contribution >= 4 is 17.4 Å². The van der Waals surface area contributed by atoms with Gasteiger partial charge in [0.05, 0.1) is 0 Å². The largest absolute Gasteiger partial charge is 0.454 e. The monoisotopic (exact) mass is 457 g/mol. The molecule has 0 fully saturated rings. The highest BCUT2D eigenvalue weighted by molar-refractivity contribution is 6.04. The standard InChI is InChI=1S/C22H15F4N5O2/c23-16-10-13(6-7-17(16)33-15-8-9-28-18(27)11-15)30-21(32)19-20(22(24,25)26)31(12-29-19)14-4-2-1-3-5-14/h1-12H,(H2,27,28)(H,30,32). The molecule has 0 atom stereocenters. The maximum Gasteiger partial charge on any atom is 0.434 e. The summed E-state index contributed by atoms with van der Waals surface area (Å²) in [5.41, 5.74) is 3.55. The van der Waals surface area contributed by atoms with E-state index >= 15 is 0 Å². The molecular weight excluding hydrogens is 442 g/mol. The Morgan fingerprint density at radius 3 is 2.45 bits per heavy atom. The van der Waals surface area contributed by atoms with Crippen LogP contribution in [0.3, 0.4) is 0 Å². The lowest BCUT2D eigenvalue weighted by molar-refractivity contribution is -0.142. The lowest BCUT2D eigenvalue weighted by Crippen LogP contribution is -2.21. The number of nitrogen functional groups attached to an aromatic ring is 1. The van der Waals surface area contributed by atoms with Gasteiger partial charge in [-0.3, -0.25) is 9.36 Å². The predicted molar refractivity (Wildman–Crippen MR) is 112 cm³/mol. The number of halogens is 4. The Morgan fingerprint density at radius 1 is 1.03 bits per heavy atom. The number of pyridine rings is 1. The first kappa shape index (κ1) is 21.8. The van der Waals surface area contributed by atoms with Crippen molar-refractivity contribution < 1.29 is 27.1 Å². The quantitative estimate of drug-likeness (QED) is 0.409. The van der Waals surface area contributed by atoms with Crippen LogP contribution in [0.15, 0.2) is 73.2 Å². The zero-order valence-electron chi connectivity index (χ0n) is 16.7. The van der Waals surface area contributed by atoms with Gasteiger partial charge in [0, 0.05) is 29.7 Å². The van der Waals surface area contributed by atoms with E-state index in [0.29, 0.717) is 0 Å². The fourth-order valence-corrected chi connectivity index (χ4v) is 3.04. The zero-order valence-corrected chi connectivity index (χ0v) is 16.7. The third-order valence-electron chi connectivity index (χ3n) is 4.46. The van der Waals surface area contributed by atoms with Gasteiger partial charge in [-0.15, -0.1) is 0 Å². The second-order valence-corrected chi connectivity index (χ2v) is 6.76. The van der Waals surface area contributed by atoms with Gasteiger partial charge >= 0.3 is 6.18 Å². The minimum absolute atomic E-state index is 0.0820. The molecule has 33 heavy (non-hydrogen) atoms. The van der Waals surface area contributed by atoms with Crippen molar-refractivity contribution in [1.29, 1.82) is 0 Å². The normalized spacial score (nSPS) is 11.3. The number of hydrogen-bond donors (Lipinski definition) is 2. The molecule has 0 saturated heterocycles. The fourth-order valence-electron chi connectivity index (χ4n) is 3.04. The van der Waals surface area contributed by atoms with Gasteiger partial charge in [0.25, 0.3) is 5.91 Å². The van der Waals surface area contributed by atoms with Crippen LogP contribution in [-0.4, -0.2) is 20.4 Å². The van der Waals surface area contributed by atoms with Crippen LogP contribution >= 0.6 is 0 Å². The van der Waals surface area contributed by atoms with Crippen LogP contribution < -0.4 is 15.8 Å². The SMILES string of the molecule is Nc1cc(Oc2ccc(NC(=O)c3ncn(-c4ccccc4)c3C(F)(F)F)cc2F)ccn1. The van der Waals surface area contributed by atoms with Crippen molar-refractivity contribution in [2.45, 2.75) is 6.18 Å². The van der Waals surface area contributed by atoms with Gasteiger partial charge in [-0.1, -0.05) is 18.2 Å². The van der Waals surface area contributed by atoms with Crippen LogP contribution in [-0.2, 0) is 6.18 Å². The van der Waals surface area contributed by atoms with Gasteiger partial charge in [0.2, 0.25) is 0 Å². The Hall–Kier alpha value is -4.41. The molecule has 7 nitrogen and oxygen atoms in total. The Kier molecular flexibility index (Phi) is 5.69. The number of nitrogens with zero attached hydrogens (tertiary/aromatic N) is 3. The van der Waals surface area contributed by atoms with Crippen molar-refractivity contribution in [2.75, 3.05) is 11.1 Å². The lowest BCUT2D eigenvalue weighted by Gasteiger charge is -2.13. The van der Waals surface area contributed by atoms with E-state index in [1.807, 2.05) is 0 Å². The number of benzene rings is 2. The van der Waals surface area contributed by atoms with Crippen LogP contribution in [0.4, 0.5) is 29.1 Å². The topological polar surface area (TPSA) is 95.1 Å². The van der Waals surface area contributed by atoms with Crippen molar-refractivity contribution in [3.8, 4) is 17.2 Å². The molecule has 0 unspecified atom stereocenters. The molecule has 2 heterocycles. The second-order valence-electron chi connectivity index (χ2n) is 6.76. The smallest absolute Gasteiger partial charge is 0.434 e. The molecule has 11 heteroatoms. The number of alkyl halides is 3. The van der Waals surface area contributed by atoms with Crippen LogP contribution in [0.2, 0.25) is 0 Å². The summed E-state index contributed by atoms with van der Waals surface area (Å²) in [5.74, 6) is -1.77. The number of aromatic nitrogens is 3. The van der Waals surface area contributed by atoms with Gasteiger partial charge in [0.1, 0.15) is 17.9 Å². The lowest BCUT2D eigenvalue weighted by atomic mass is 10.2. The van der Waals surface area contributed by atoms with Gasteiger partial charge in [0.15, 0.2) is 23.0 Å². The number of anilines is 2. The summed E-state index contributed by atoms with van der Waals surface area (Å²) >= 11 is 0. The molecule has 0 spiro atoms. The first-order valence-corrected chi connectivity index (χ1v) is 9.42. The van der Waals surface area contributed by atoms with Crippen molar-refractivity contribution in [2.24, 2.45) is 0 Å². The Morgan fingerprint density at radius 2 is 1.79 bits per heavy atom. The van der Waals surface area contributed by atoms with Gasteiger partial charge in [-0.05, 0) is 30.3 Å². The molecular formula is C22H15F4N5O2. The number of nitrogens with one attached hydrogen (secondary N) is 1. The molecule has 4 aromatic rings. The first-order chi connectivity index (χ1) is 15.7. The number of carbonyl (C=O) groups excluding carboxylic acids is 1. The highest BCUT2D eigenvalue weighted by atomic mass is 19.4. The summed E-state index contributed by atoms with van der Waals surface area (Å²) in [6, 6.07) is 13.9. The molecule has 168 valence electrons. The molecule has 1 amide bonds. The summed E-state index contributed by atoms with van der Waals surface area (Å²) in [4.78, 5) is 20.0. The van der Waals surface area contributed by atoms with Crippen LogP contribution in [0, 0.1) is 5.82 Å². The number of amides is 1. The Bertz CT molecular complexity index is 1310. The minimum Gasteiger partial charge on any atom is -0.454 e.